The molecular formula is C14H20N2O. The Morgan fingerprint density at radius 3 is 2.94 bits per heavy atom. The molecule has 2 N–H and O–H groups in total. The molecule has 3 nitrogen and oxygen atoms in total. The maximum atomic E-state index is 11.3. The monoisotopic (exact) mass is 232 g/mol. The lowest BCUT2D eigenvalue weighted by atomic mass is 9.97. The standard InChI is InChI=1S/C14H20N2O/c1-3-12(15-2)9-10-4-6-13-11(8-10)5-7-14(17)16-13/h4,6,8,12,15H,3,5,7,9H2,1-2H3,(H,16,17). The fraction of sp³-hybridized carbons (Fsp3) is 0.500. The molecule has 1 aliphatic rings. The van der Waals surface area contributed by atoms with Gasteiger partial charge in [-0.25, -0.2) is 0 Å². The molecule has 0 radical (unpaired) electrons. The van der Waals surface area contributed by atoms with Gasteiger partial charge in [-0.2, -0.15) is 0 Å². The first kappa shape index (κ1) is 12.1. The van der Waals surface area contributed by atoms with Crippen LogP contribution in [0.2, 0.25) is 0 Å². The first-order valence-electron chi connectivity index (χ1n) is 6.32. The van der Waals surface area contributed by atoms with Crippen molar-refractivity contribution in [1.29, 1.82) is 0 Å². The average Bonchev–Trinajstić information content (AvgIpc) is 2.36. The molecule has 0 bridgehead atoms. The van der Waals surface area contributed by atoms with Gasteiger partial charge in [-0.05, 0) is 43.5 Å². The molecule has 0 saturated carbocycles. The fourth-order valence-corrected chi connectivity index (χ4v) is 2.30. The van der Waals surface area contributed by atoms with Crippen LogP contribution in [0.5, 0.6) is 0 Å². The van der Waals surface area contributed by atoms with Crippen LogP contribution in [-0.4, -0.2) is 19.0 Å². The summed E-state index contributed by atoms with van der Waals surface area (Å²) >= 11 is 0. The predicted octanol–water partition coefficient (Wildman–Crippen LogP) is 2.11. The van der Waals surface area contributed by atoms with E-state index in [0.29, 0.717) is 12.5 Å². The van der Waals surface area contributed by atoms with E-state index in [1.807, 2.05) is 13.1 Å². The summed E-state index contributed by atoms with van der Waals surface area (Å²) in [5.74, 6) is 0.131. The van der Waals surface area contributed by atoms with Gasteiger partial charge in [0.1, 0.15) is 0 Å². The van der Waals surface area contributed by atoms with Crippen LogP contribution in [0.4, 0.5) is 5.69 Å². The minimum absolute atomic E-state index is 0.131. The van der Waals surface area contributed by atoms with Crippen LogP contribution in [-0.2, 0) is 17.6 Å². The average molecular weight is 232 g/mol. The molecule has 1 aromatic rings. The summed E-state index contributed by atoms with van der Waals surface area (Å²) in [5, 5.41) is 6.23. The third kappa shape index (κ3) is 2.86. The molecule has 0 fully saturated rings. The SMILES string of the molecule is CCC(Cc1ccc2c(c1)CCC(=O)N2)NC. The summed E-state index contributed by atoms with van der Waals surface area (Å²) in [6.45, 7) is 2.19. The Morgan fingerprint density at radius 1 is 1.41 bits per heavy atom. The number of nitrogens with one attached hydrogen (secondary N) is 2. The number of rotatable bonds is 4. The van der Waals surface area contributed by atoms with E-state index in [4.69, 9.17) is 0 Å². The molecule has 0 spiro atoms. The Labute approximate surface area is 103 Å². The Morgan fingerprint density at radius 2 is 2.24 bits per heavy atom. The summed E-state index contributed by atoms with van der Waals surface area (Å²) < 4.78 is 0. The second-order valence-electron chi connectivity index (χ2n) is 4.64. The molecule has 0 saturated heterocycles. The van der Waals surface area contributed by atoms with E-state index in [2.05, 4.69) is 29.7 Å². The van der Waals surface area contributed by atoms with E-state index in [-0.39, 0.29) is 5.91 Å². The zero-order chi connectivity index (χ0) is 12.3. The Kier molecular flexibility index (Phi) is 3.79. The van der Waals surface area contributed by atoms with E-state index < -0.39 is 0 Å². The van der Waals surface area contributed by atoms with E-state index in [1.54, 1.807) is 0 Å². The maximum absolute atomic E-state index is 11.3. The summed E-state index contributed by atoms with van der Waals surface area (Å²) in [7, 11) is 2.01. The minimum atomic E-state index is 0.131. The molecule has 1 amide bonds. The van der Waals surface area contributed by atoms with Crippen LogP contribution < -0.4 is 10.6 Å². The number of hydrogen-bond donors (Lipinski definition) is 2. The van der Waals surface area contributed by atoms with Gasteiger partial charge in [0.15, 0.2) is 0 Å². The Balaban J connectivity index is 2.13. The van der Waals surface area contributed by atoms with Crippen LogP contribution in [0.25, 0.3) is 0 Å². The van der Waals surface area contributed by atoms with E-state index in [9.17, 15) is 4.79 Å². The van der Waals surface area contributed by atoms with Crippen molar-refractivity contribution in [2.75, 3.05) is 12.4 Å². The van der Waals surface area contributed by atoms with Crippen LogP contribution in [0.3, 0.4) is 0 Å². The number of aryl methyl sites for hydroxylation is 1. The highest BCUT2D eigenvalue weighted by Crippen LogP contribution is 2.24. The summed E-state index contributed by atoms with van der Waals surface area (Å²) in [6.07, 6.45) is 3.66. The highest BCUT2D eigenvalue weighted by Gasteiger charge is 2.15. The van der Waals surface area contributed by atoms with Crippen molar-refractivity contribution in [3.05, 3.63) is 29.3 Å². The van der Waals surface area contributed by atoms with Crippen molar-refractivity contribution in [2.24, 2.45) is 0 Å². The molecule has 2 rings (SSSR count). The fourth-order valence-electron chi connectivity index (χ4n) is 2.30. The van der Waals surface area contributed by atoms with Crippen molar-refractivity contribution in [3.63, 3.8) is 0 Å². The van der Waals surface area contributed by atoms with Gasteiger partial charge in [-0.15, -0.1) is 0 Å². The topological polar surface area (TPSA) is 41.1 Å². The van der Waals surface area contributed by atoms with Gasteiger partial charge in [0.05, 0.1) is 0 Å². The van der Waals surface area contributed by atoms with Gasteiger partial charge in [0.2, 0.25) is 5.91 Å². The summed E-state index contributed by atoms with van der Waals surface area (Å²) in [4.78, 5) is 11.3. The van der Waals surface area contributed by atoms with Gasteiger partial charge in [0.25, 0.3) is 0 Å². The zero-order valence-corrected chi connectivity index (χ0v) is 10.5. The van der Waals surface area contributed by atoms with E-state index >= 15 is 0 Å². The van der Waals surface area contributed by atoms with Crippen molar-refractivity contribution in [1.82, 2.24) is 5.32 Å². The van der Waals surface area contributed by atoms with E-state index in [1.165, 1.54) is 11.1 Å². The first-order valence-corrected chi connectivity index (χ1v) is 6.32. The van der Waals surface area contributed by atoms with Crippen LogP contribution in [0.1, 0.15) is 30.9 Å². The number of hydrogen-bond acceptors (Lipinski definition) is 2. The number of benzene rings is 1. The highest BCUT2D eigenvalue weighted by molar-refractivity contribution is 5.93. The molecule has 17 heavy (non-hydrogen) atoms. The smallest absolute Gasteiger partial charge is 0.224 e. The number of anilines is 1. The second kappa shape index (κ2) is 5.32. The molecule has 1 aromatic carbocycles. The lowest BCUT2D eigenvalue weighted by Crippen LogP contribution is -2.26. The van der Waals surface area contributed by atoms with Crippen LogP contribution >= 0.6 is 0 Å². The first-order chi connectivity index (χ1) is 8.22. The zero-order valence-electron chi connectivity index (χ0n) is 10.5. The molecule has 1 unspecified atom stereocenters. The molecule has 0 aromatic heterocycles. The molecule has 92 valence electrons. The summed E-state index contributed by atoms with van der Waals surface area (Å²) in [6, 6.07) is 6.91. The lowest BCUT2D eigenvalue weighted by Gasteiger charge is -2.19. The maximum Gasteiger partial charge on any atom is 0.224 e. The Hall–Kier alpha value is -1.35. The summed E-state index contributed by atoms with van der Waals surface area (Å²) in [5.41, 5.74) is 3.61. The number of likely N-dealkylation sites (N-methyl/N-ethyl adjacent to an activating group) is 1. The molecule has 1 aliphatic heterocycles. The third-order valence-corrected chi connectivity index (χ3v) is 3.45. The van der Waals surface area contributed by atoms with Crippen molar-refractivity contribution >= 4 is 11.6 Å². The van der Waals surface area contributed by atoms with Gasteiger partial charge >= 0.3 is 0 Å². The third-order valence-electron chi connectivity index (χ3n) is 3.45. The molecular weight excluding hydrogens is 212 g/mol. The van der Waals surface area contributed by atoms with E-state index in [0.717, 1.165) is 24.9 Å². The lowest BCUT2D eigenvalue weighted by molar-refractivity contribution is -0.116. The minimum Gasteiger partial charge on any atom is -0.326 e. The predicted molar refractivity (Wildman–Crippen MR) is 70.2 cm³/mol. The molecule has 3 heteroatoms. The number of carbonyl (C=O) groups excluding carboxylic acids is 1. The molecule has 1 atom stereocenters. The number of carbonyl (C=O) groups is 1. The van der Waals surface area contributed by atoms with Gasteiger partial charge in [-0.1, -0.05) is 19.1 Å². The van der Waals surface area contributed by atoms with Gasteiger partial charge in [-0.3, -0.25) is 4.79 Å². The largest absolute Gasteiger partial charge is 0.326 e. The van der Waals surface area contributed by atoms with Gasteiger partial charge in [0, 0.05) is 18.2 Å². The molecule has 1 heterocycles. The molecule has 0 aliphatic carbocycles. The normalized spacial score (nSPS) is 16.2. The van der Waals surface area contributed by atoms with Crippen LogP contribution in [0.15, 0.2) is 18.2 Å². The van der Waals surface area contributed by atoms with Crippen molar-refractivity contribution in [2.45, 2.75) is 38.6 Å². The Bertz CT molecular complexity index is 411. The van der Waals surface area contributed by atoms with Crippen molar-refractivity contribution < 1.29 is 4.79 Å². The highest BCUT2D eigenvalue weighted by atomic mass is 16.1. The second-order valence-corrected chi connectivity index (χ2v) is 4.64. The van der Waals surface area contributed by atoms with Crippen LogP contribution in [0, 0.1) is 0 Å². The van der Waals surface area contributed by atoms with Gasteiger partial charge < -0.3 is 10.6 Å². The number of amides is 1. The number of fused-ring (bicyclic) bond motifs is 1. The quantitative estimate of drug-likeness (QED) is 0.835. The van der Waals surface area contributed by atoms with Crippen molar-refractivity contribution in [3.8, 4) is 0 Å².